The fourth-order valence-corrected chi connectivity index (χ4v) is 3.02. The first kappa shape index (κ1) is 21.0. The lowest BCUT2D eigenvalue weighted by molar-refractivity contribution is -0.163. The van der Waals surface area contributed by atoms with Gasteiger partial charge in [-0.25, -0.2) is 4.79 Å². The van der Waals surface area contributed by atoms with Crippen LogP contribution in [0.3, 0.4) is 0 Å². The van der Waals surface area contributed by atoms with Crippen molar-refractivity contribution in [1.82, 2.24) is 0 Å². The lowest BCUT2D eigenvalue weighted by Gasteiger charge is -2.27. The van der Waals surface area contributed by atoms with Gasteiger partial charge in [0.25, 0.3) is 0 Å². The Balaban J connectivity index is 2.17. The summed E-state index contributed by atoms with van der Waals surface area (Å²) in [5.41, 5.74) is 0.700. The average molecular weight is 411 g/mol. The monoisotopic (exact) mass is 410 g/mol. The summed E-state index contributed by atoms with van der Waals surface area (Å²) in [7, 11) is 0. The first-order chi connectivity index (χ1) is 12.0. The minimum atomic E-state index is -1.08. The number of benzene rings is 2. The number of carbonyl (C=O) groups excluding carboxylic acids is 1. The molecule has 0 saturated heterocycles. The van der Waals surface area contributed by atoms with E-state index in [0.29, 0.717) is 10.8 Å². The molecule has 0 aliphatic rings. The van der Waals surface area contributed by atoms with Gasteiger partial charge in [-0.15, -0.1) is 0 Å². The summed E-state index contributed by atoms with van der Waals surface area (Å²) in [6.07, 6.45) is -0.193. The average Bonchev–Trinajstić information content (AvgIpc) is 2.54. The van der Waals surface area contributed by atoms with Crippen molar-refractivity contribution in [2.45, 2.75) is 43.5 Å². The third kappa shape index (κ3) is 5.12. The maximum atomic E-state index is 12.1. The molecule has 140 valence electrons. The topological polar surface area (TPSA) is 35.5 Å². The van der Waals surface area contributed by atoms with Gasteiger partial charge in [0, 0.05) is 5.02 Å². The Morgan fingerprint density at radius 2 is 1.42 bits per heavy atom. The van der Waals surface area contributed by atoms with Crippen LogP contribution in [0.5, 0.6) is 5.75 Å². The molecule has 0 fully saturated rings. The largest absolute Gasteiger partial charge is 0.476 e. The van der Waals surface area contributed by atoms with Crippen molar-refractivity contribution in [2.75, 3.05) is 0 Å². The Morgan fingerprint density at radius 1 is 0.962 bits per heavy atom. The SMILES string of the molecule is CC(C)OC(=O)C(C)(C)Oc1ccc(C(S)(S)c2ccc(Cl)cc2)cc1. The van der Waals surface area contributed by atoms with E-state index < -0.39 is 15.6 Å². The Kier molecular flexibility index (Phi) is 6.59. The summed E-state index contributed by atoms with van der Waals surface area (Å²) < 4.78 is 10.3. The van der Waals surface area contributed by atoms with Crippen molar-refractivity contribution in [3.8, 4) is 5.75 Å². The number of thiol groups is 2. The van der Waals surface area contributed by atoms with Crippen molar-refractivity contribution in [3.63, 3.8) is 0 Å². The predicted molar refractivity (Wildman–Crippen MR) is 113 cm³/mol. The zero-order chi connectivity index (χ0) is 19.5. The van der Waals surface area contributed by atoms with E-state index in [1.54, 1.807) is 52.0 Å². The second kappa shape index (κ2) is 8.15. The summed E-state index contributed by atoms with van der Waals surface area (Å²) in [6.45, 7) is 6.97. The Labute approximate surface area is 170 Å². The van der Waals surface area contributed by atoms with E-state index in [9.17, 15) is 4.79 Å². The van der Waals surface area contributed by atoms with Gasteiger partial charge >= 0.3 is 5.97 Å². The van der Waals surface area contributed by atoms with E-state index in [0.717, 1.165) is 11.1 Å². The highest BCUT2D eigenvalue weighted by atomic mass is 35.5. The van der Waals surface area contributed by atoms with Crippen LogP contribution in [0.4, 0.5) is 0 Å². The maximum Gasteiger partial charge on any atom is 0.350 e. The first-order valence-corrected chi connectivity index (χ1v) is 9.51. The predicted octanol–water partition coefficient (Wildman–Crippen LogP) is 5.51. The molecule has 0 aliphatic heterocycles. The molecule has 26 heavy (non-hydrogen) atoms. The number of halogens is 1. The van der Waals surface area contributed by atoms with Crippen LogP contribution in [0.2, 0.25) is 5.02 Å². The summed E-state index contributed by atoms with van der Waals surface area (Å²) in [6, 6.07) is 14.7. The van der Waals surface area contributed by atoms with Crippen molar-refractivity contribution in [1.29, 1.82) is 0 Å². The molecule has 0 heterocycles. The number of ether oxygens (including phenoxy) is 2. The molecule has 2 aromatic rings. The van der Waals surface area contributed by atoms with Gasteiger partial charge in [-0.3, -0.25) is 0 Å². The first-order valence-electron chi connectivity index (χ1n) is 8.24. The van der Waals surface area contributed by atoms with E-state index in [-0.39, 0.29) is 6.10 Å². The summed E-state index contributed by atoms with van der Waals surface area (Å²) in [5, 5.41) is 0.658. The molecule has 0 radical (unpaired) electrons. The molecule has 2 rings (SSSR count). The van der Waals surface area contributed by atoms with Crippen LogP contribution in [-0.4, -0.2) is 17.7 Å². The van der Waals surface area contributed by atoms with Gasteiger partial charge in [0.1, 0.15) is 9.83 Å². The highest BCUT2D eigenvalue weighted by Gasteiger charge is 2.33. The van der Waals surface area contributed by atoms with Gasteiger partial charge in [-0.1, -0.05) is 35.9 Å². The van der Waals surface area contributed by atoms with Gasteiger partial charge < -0.3 is 9.47 Å². The standard InChI is InChI=1S/C20H23ClO3S2/c1-13(2)23-18(22)19(3,4)24-17-11-7-15(8-12-17)20(25,26)14-5-9-16(21)10-6-14/h5-13,25-26H,1-4H3. The quantitative estimate of drug-likeness (QED) is 0.374. The van der Waals surface area contributed by atoms with Gasteiger partial charge in [0.15, 0.2) is 5.60 Å². The van der Waals surface area contributed by atoms with Gasteiger partial charge in [-0.05, 0) is 63.1 Å². The zero-order valence-corrected chi connectivity index (χ0v) is 17.7. The highest BCUT2D eigenvalue weighted by Crippen LogP contribution is 2.40. The van der Waals surface area contributed by atoms with Gasteiger partial charge in [-0.2, -0.15) is 25.3 Å². The number of hydrogen-bond donors (Lipinski definition) is 2. The lowest BCUT2D eigenvalue weighted by atomic mass is 10.0. The smallest absolute Gasteiger partial charge is 0.350 e. The van der Waals surface area contributed by atoms with Crippen LogP contribution in [0.15, 0.2) is 48.5 Å². The fourth-order valence-electron chi connectivity index (χ4n) is 2.30. The van der Waals surface area contributed by atoms with Crippen LogP contribution in [0.1, 0.15) is 38.8 Å². The zero-order valence-electron chi connectivity index (χ0n) is 15.2. The van der Waals surface area contributed by atoms with Gasteiger partial charge in [0.2, 0.25) is 0 Å². The molecule has 0 atom stereocenters. The summed E-state index contributed by atoms with van der Waals surface area (Å²) >= 11 is 15.3. The molecule has 0 bridgehead atoms. The van der Waals surface area contributed by atoms with Crippen LogP contribution in [0.25, 0.3) is 0 Å². The van der Waals surface area contributed by atoms with Crippen LogP contribution < -0.4 is 4.74 Å². The van der Waals surface area contributed by atoms with E-state index in [1.165, 1.54) is 0 Å². The third-order valence-electron chi connectivity index (χ3n) is 3.71. The maximum absolute atomic E-state index is 12.1. The Bertz CT molecular complexity index is 754. The number of hydrogen-bond acceptors (Lipinski definition) is 5. The van der Waals surface area contributed by atoms with E-state index in [4.69, 9.17) is 46.3 Å². The second-order valence-corrected chi connectivity index (χ2v) is 8.90. The Morgan fingerprint density at radius 3 is 1.88 bits per heavy atom. The molecule has 0 aromatic heterocycles. The molecule has 0 spiro atoms. The minimum Gasteiger partial charge on any atom is -0.476 e. The molecule has 2 aromatic carbocycles. The van der Waals surface area contributed by atoms with Crippen molar-refractivity contribution < 1.29 is 14.3 Å². The normalized spacial score (nSPS) is 12.2. The minimum absolute atomic E-state index is 0.193. The van der Waals surface area contributed by atoms with E-state index >= 15 is 0 Å². The number of rotatable bonds is 6. The molecule has 0 N–H and O–H groups in total. The molecule has 6 heteroatoms. The van der Waals surface area contributed by atoms with Gasteiger partial charge in [0.05, 0.1) is 6.10 Å². The van der Waals surface area contributed by atoms with Crippen LogP contribution in [-0.2, 0) is 13.6 Å². The molecule has 3 nitrogen and oxygen atoms in total. The lowest BCUT2D eigenvalue weighted by Crippen LogP contribution is -2.40. The molecular weight excluding hydrogens is 388 g/mol. The van der Waals surface area contributed by atoms with Crippen LogP contribution in [0, 0.1) is 0 Å². The summed E-state index contributed by atoms with van der Waals surface area (Å²) in [5.74, 6) is 0.156. The Hall–Kier alpha value is -1.30. The molecule has 0 unspecified atom stereocenters. The highest BCUT2D eigenvalue weighted by molar-refractivity contribution is 8.00. The van der Waals surface area contributed by atoms with Crippen molar-refractivity contribution >= 4 is 42.8 Å². The van der Waals surface area contributed by atoms with E-state index in [2.05, 4.69) is 0 Å². The van der Waals surface area contributed by atoms with Crippen molar-refractivity contribution in [3.05, 3.63) is 64.7 Å². The number of esters is 1. The fraction of sp³-hybridized carbons (Fsp3) is 0.350. The molecular formula is C20H23ClO3S2. The molecule has 0 aliphatic carbocycles. The molecule has 0 amide bonds. The third-order valence-corrected chi connectivity index (χ3v) is 5.00. The summed E-state index contributed by atoms with van der Waals surface area (Å²) in [4.78, 5) is 12.1. The number of carbonyl (C=O) groups is 1. The molecule has 0 saturated carbocycles. The second-order valence-electron chi connectivity index (χ2n) is 6.77. The van der Waals surface area contributed by atoms with Crippen molar-refractivity contribution in [2.24, 2.45) is 0 Å². The van der Waals surface area contributed by atoms with E-state index in [1.807, 2.05) is 24.3 Å². The van der Waals surface area contributed by atoms with Crippen LogP contribution >= 0.6 is 36.9 Å².